The zero-order valence-electron chi connectivity index (χ0n) is 8.08. The van der Waals surface area contributed by atoms with Crippen molar-refractivity contribution in [1.29, 1.82) is 0 Å². The van der Waals surface area contributed by atoms with E-state index in [9.17, 15) is 4.79 Å². The first-order valence-electron chi connectivity index (χ1n) is 4.19. The maximum atomic E-state index is 11.1. The Labute approximate surface area is 77.9 Å². The zero-order valence-corrected chi connectivity index (χ0v) is 8.08. The Morgan fingerprint density at radius 3 is 2.54 bits per heavy atom. The summed E-state index contributed by atoms with van der Waals surface area (Å²) in [4.78, 5) is 11.1. The van der Waals surface area contributed by atoms with Crippen LogP contribution in [0, 0.1) is 0 Å². The van der Waals surface area contributed by atoms with Gasteiger partial charge in [0.05, 0.1) is 12.7 Å². The second-order valence-corrected chi connectivity index (χ2v) is 3.81. The van der Waals surface area contributed by atoms with Gasteiger partial charge in [-0.15, -0.1) is 0 Å². The molecule has 0 aromatic heterocycles. The molecule has 5 N–H and O–H groups in total. The lowest BCUT2D eigenvalue weighted by Gasteiger charge is -2.18. The van der Waals surface area contributed by atoms with E-state index in [1.165, 1.54) is 0 Å². The number of hydrogen-bond donors (Lipinski definition) is 4. The van der Waals surface area contributed by atoms with Gasteiger partial charge in [-0.05, 0) is 13.8 Å². The molecule has 1 atom stereocenters. The molecular formula is C8H18N2O3. The monoisotopic (exact) mass is 190 g/mol. The highest BCUT2D eigenvalue weighted by atomic mass is 16.3. The molecule has 0 aliphatic rings. The van der Waals surface area contributed by atoms with Crippen molar-refractivity contribution in [2.24, 2.45) is 5.73 Å². The van der Waals surface area contributed by atoms with Crippen LogP contribution in [0.5, 0.6) is 0 Å². The Morgan fingerprint density at radius 1 is 1.62 bits per heavy atom. The van der Waals surface area contributed by atoms with Crippen LogP contribution in [0.15, 0.2) is 0 Å². The maximum absolute atomic E-state index is 11.1. The van der Waals surface area contributed by atoms with Crippen molar-refractivity contribution in [2.75, 3.05) is 13.2 Å². The smallest absolute Gasteiger partial charge is 0.221 e. The second kappa shape index (κ2) is 5.16. The van der Waals surface area contributed by atoms with Crippen LogP contribution < -0.4 is 11.1 Å². The molecule has 5 heteroatoms. The van der Waals surface area contributed by atoms with E-state index in [2.05, 4.69) is 5.32 Å². The van der Waals surface area contributed by atoms with Gasteiger partial charge < -0.3 is 21.3 Å². The Bertz CT molecular complexity index is 165. The number of nitrogens with one attached hydrogen (secondary N) is 1. The van der Waals surface area contributed by atoms with Crippen LogP contribution in [-0.2, 0) is 4.79 Å². The fourth-order valence-electron chi connectivity index (χ4n) is 0.773. The van der Waals surface area contributed by atoms with Crippen LogP contribution >= 0.6 is 0 Å². The lowest BCUT2D eigenvalue weighted by Crippen LogP contribution is -2.41. The van der Waals surface area contributed by atoms with Gasteiger partial charge in [-0.3, -0.25) is 4.79 Å². The van der Waals surface area contributed by atoms with Gasteiger partial charge in [0.15, 0.2) is 0 Å². The molecule has 0 aromatic carbocycles. The quantitative estimate of drug-likeness (QED) is 0.428. The second-order valence-electron chi connectivity index (χ2n) is 3.81. The highest BCUT2D eigenvalue weighted by molar-refractivity contribution is 5.77. The number of carbonyl (C=O) groups is 1. The lowest BCUT2D eigenvalue weighted by molar-refractivity contribution is -0.122. The van der Waals surface area contributed by atoms with Gasteiger partial charge in [0, 0.05) is 18.5 Å². The Balaban J connectivity index is 3.64. The first kappa shape index (κ1) is 12.3. The summed E-state index contributed by atoms with van der Waals surface area (Å²) < 4.78 is 0. The minimum absolute atomic E-state index is 0.0609. The van der Waals surface area contributed by atoms with Crippen LogP contribution in [0.1, 0.15) is 20.3 Å². The number of amides is 1. The molecule has 0 saturated carbocycles. The van der Waals surface area contributed by atoms with Crippen molar-refractivity contribution in [3.05, 3.63) is 0 Å². The molecule has 78 valence electrons. The predicted octanol–water partition coefficient (Wildman–Crippen LogP) is -1.42. The summed E-state index contributed by atoms with van der Waals surface area (Å²) >= 11 is 0. The summed E-state index contributed by atoms with van der Waals surface area (Å²) in [5.41, 5.74) is 5.06. The fourth-order valence-corrected chi connectivity index (χ4v) is 0.773. The van der Waals surface area contributed by atoms with Crippen molar-refractivity contribution in [3.63, 3.8) is 0 Å². The molecule has 1 amide bonds. The number of rotatable bonds is 5. The van der Waals surface area contributed by atoms with Crippen LogP contribution in [-0.4, -0.2) is 40.9 Å². The molecule has 0 bridgehead atoms. The van der Waals surface area contributed by atoms with E-state index in [-0.39, 0.29) is 25.5 Å². The van der Waals surface area contributed by atoms with E-state index in [1.54, 1.807) is 13.8 Å². The van der Waals surface area contributed by atoms with Crippen LogP contribution in [0.2, 0.25) is 0 Å². The van der Waals surface area contributed by atoms with E-state index >= 15 is 0 Å². The summed E-state index contributed by atoms with van der Waals surface area (Å²) in [6.45, 7) is 3.20. The van der Waals surface area contributed by atoms with Gasteiger partial charge in [0.1, 0.15) is 0 Å². The van der Waals surface area contributed by atoms with Gasteiger partial charge in [-0.2, -0.15) is 0 Å². The molecule has 0 radical (unpaired) electrons. The lowest BCUT2D eigenvalue weighted by atomic mass is 10.0. The third-order valence-corrected chi connectivity index (χ3v) is 1.36. The van der Waals surface area contributed by atoms with Gasteiger partial charge in [0.2, 0.25) is 5.91 Å². The molecule has 1 unspecified atom stereocenters. The predicted molar refractivity (Wildman–Crippen MR) is 49.0 cm³/mol. The van der Waals surface area contributed by atoms with Crippen molar-refractivity contribution in [2.45, 2.75) is 31.9 Å². The average molecular weight is 190 g/mol. The first-order valence-corrected chi connectivity index (χ1v) is 4.19. The SMILES string of the molecule is CC(C)(N)CC(=O)NCC(O)CO. The summed E-state index contributed by atoms with van der Waals surface area (Å²) in [5.74, 6) is -0.222. The standard InChI is InChI=1S/C8H18N2O3/c1-8(2,9)3-7(13)10-4-6(12)5-11/h6,11-12H,3-5,9H2,1-2H3,(H,10,13). The van der Waals surface area contributed by atoms with Crippen molar-refractivity contribution in [1.82, 2.24) is 5.32 Å². The Morgan fingerprint density at radius 2 is 2.15 bits per heavy atom. The largest absolute Gasteiger partial charge is 0.394 e. The topological polar surface area (TPSA) is 95.6 Å². The van der Waals surface area contributed by atoms with E-state index < -0.39 is 11.6 Å². The fraction of sp³-hybridized carbons (Fsp3) is 0.875. The van der Waals surface area contributed by atoms with E-state index in [0.717, 1.165) is 0 Å². The third kappa shape index (κ3) is 7.70. The van der Waals surface area contributed by atoms with E-state index in [0.29, 0.717) is 0 Å². The molecule has 0 fully saturated rings. The van der Waals surface area contributed by atoms with Crippen molar-refractivity contribution in [3.8, 4) is 0 Å². The Kier molecular flexibility index (Phi) is 4.90. The molecule has 0 rings (SSSR count). The number of aliphatic hydroxyl groups excluding tert-OH is 2. The van der Waals surface area contributed by atoms with Crippen molar-refractivity contribution < 1.29 is 15.0 Å². The molecular weight excluding hydrogens is 172 g/mol. The highest BCUT2D eigenvalue weighted by Crippen LogP contribution is 2.02. The number of hydrogen-bond acceptors (Lipinski definition) is 4. The molecule has 0 aliphatic heterocycles. The van der Waals surface area contributed by atoms with Crippen molar-refractivity contribution >= 4 is 5.91 Å². The van der Waals surface area contributed by atoms with Gasteiger partial charge in [0.25, 0.3) is 0 Å². The maximum Gasteiger partial charge on any atom is 0.221 e. The molecule has 0 heterocycles. The van der Waals surface area contributed by atoms with E-state index in [4.69, 9.17) is 15.9 Å². The van der Waals surface area contributed by atoms with Crippen LogP contribution in [0.4, 0.5) is 0 Å². The summed E-state index contributed by atoms with van der Waals surface area (Å²) in [5, 5.41) is 19.8. The summed E-state index contributed by atoms with van der Waals surface area (Å²) in [6, 6.07) is 0. The van der Waals surface area contributed by atoms with Gasteiger partial charge in [-0.1, -0.05) is 0 Å². The molecule has 0 aliphatic carbocycles. The first-order chi connectivity index (χ1) is 5.85. The molecule has 0 aromatic rings. The number of nitrogens with two attached hydrogens (primary N) is 1. The number of carbonyl (C=O) groups excluding carboxylic acids is 1. The molecule has 0 spiro atoms. The zero-order chi connectivity index (χ0) is 10.5. The molecule has 13 heavy (non-hydrogen) atoms. The normalized spacial score (nSPS) is 13.9. The third-order valence-electron chi connectivity index (χ3n) is 1.36. The van der Waals surface area contributed by atoms with Crippen LogP contribution in [0.25, 0.3) is 0 Å². The average Bonchev–Trinajstić information content (AvgIpc) is 1.97. The summed E-state index contributed by atoms with van der Waals surface area (Å²) in [7, 11) is 0. The van der Waals surface area contributed by atoms with Crippen LogP contribution in [0.3, 0.4) is 0 Å². The Hall–Kier alpha value is -0.650. The molecule has 5 nitrogen and oxygen atoms in total. The minimum Gasteiger partial charge on any atom is -0.394 e. The number of aliphatic hydroxyl groups is 2. The summed E-state index contributed by atoms with van der Waals surface area (Å²) in [6.07, 6.45) is -0.699. The van der Waals surface area contributed by atoms with Gasteiger partial charge >= 0.3 is 0 Å². The highest BCUT2D eigenvalue weighted by Gasteiger charge is 2.16. The van der Waals surface area contributed by atoms with E-state index in [1.807, 2.05) is 0 Å². The minimum atomic E-state index is -0.898. The molecule has 0 saturated heterocycles. The van der Waals surface area contributed by atoms with Gasteiger partial charge in [-0.25, -0.2) is 0 Å².